The summed E-state index contributed by atoms with van der Waals surface area (Å²) in [5.41, 5.74) is 1.46. The Labute approximate surface area is 110 Å². The molecule has 0 aliphatic heterocycles. The Hall–Kier alpha value is -0.470. The molecule has 0 bridgehead atoms. The summed E-state index contributed by atoms with van der Waals surface area (Å²) in [6.45, 7) is 7.93. The first-order chi connectivity index (χ1) is 8.24. The van der Waals surface area contributed by atoms with E-state index in [-0.39, 0.29) is 0 Å². The molecule has 0 radical (unpaired) electrons. The summed E-state index contributed by atoms with van der Waals surface area (Å²) in [6.07, 6.45) is 4.56. The molecule has 0 saturated carbocycles. The fourth-order valence-electron chi connectivity index (χ4n) is 2.08. The molecule has 1 rings (SSSR count). The van der Waals surface area contributed by atoms with Crippen molar-refractivity contribution >= 4 is 11.8 Å². The van der Waals surface area contributed by atoms with Gasteiger partial charge in [0.15, 0.2) is 0 Å². The molecule has 2 heteroatoms. The molecule has 0 heterocycles. The van der Waals surface area contributed by atoms with Gasteiger partial charge in [-0.25, -0.2) is 0 Å². The maximum atomic E-state index is 3.70. The summed E-state index contributed by atoms with van der Waals surface area (Å²) < 4.78 is 0. The second-order valence-electron chi connectivity index (χ2n) is 4.56. The van der Waals surface area contributed by atoms with E-state index in [0.29, 0.717) is 12.0 Å². The van der Waals surface area contributed by atoms with E-state index < -0.39 is 0 Å². The third-order valence-corrected chi connectivity index (χ3v) is 4.11. The monoisotopic (exact) mass is 251 g/mol. The summed E-state index contributed by atoms with van der Waals surface area (Å²) in [6, 6.07) is 9.26. The van der Waals surface area contributed by atoms with Crippen LogP contribution in [0.2, 0.25) is 0 Å². The van der Waals surface area contributed by atoms with Crippen LogP contribution in [-0.2, 0) is 0 Å². The fraction of sp³-hybridized carbons (Fsp3) is 0.600. The molecule has 0 amide bonds. The Morgan fingerprint density at radius 3 is 2.53 bits per heavy atom. The summed E-state index contributed by atoms with van der Waals surface area (Å²) in [5, 5.41) is 3.70. The highest BCUT2D eigenvalue weighted by Crippen LogP contribution is 2.31. The van der Waals surface area contributed by atoms with Gasteiger partial charge in [0.05, 0.1) is 0 Å². The van der Waals surface area contributed by atoms with Crippen molar-refractivity contribution in [3.8, 4) is 0 Å². The second kappa shape index (κ2) is 7.78. The smallest absolute Gasteiger partial charge is 0.0357 e. The molecule has 0 aliphatic carbocycles. The maximum absolute atomic E-state index is 3.70. The molecule has 0 fully saturated rings. The lowest BCUT2D eigenvalue weighted by Gasteiger charge is -2.26. The Kier molecular flexibility index (Phi) is 6.68. The van der Waals surface area contributed by atoms with E-state index in [2.05, 4.69) is 56.6 Å². The van der Waals surface area contributed by atoms with Gasteiger partial charge in [-0.1, -0.05) is 45.4 Å². The number of benzene rings is 1. The second-order valence-corrected chi connectivity index (χ2v) is 5.41. The molecule has 0 saturated heterocycles. The van der Waals surface area contributed by atoms with Crippen LogP contribution in [0.4, 0.5) is 0 Å². The first-order valence-electron chi connectivity index (χ1n) is 6.60. The lowest BCUT2D eigenvalue weighted by atomic mass is 9.92. The van der Waals surface area contributed by atoms with E-state index in [9.17, 15) is 0 Å². The number of thioether (sulfide) groups is 1. The number of rotatable bonds is 7. The molecule has 1 N–H and O–H groups in total. The van der Waals surface area contributed by atoms with Gasteiger partial charge in [0.1, 0.15) is 0 Å². The normalized spacial score (nSPS) is 14.6. The van der Waals surface area contributed by atoms with Crippen LogP contribution in [0.1, 0.15) is 45.2 Å². The molecular weight excluding hydrogens is 226 g/mol. The SMILES string of the molecule is CCCNC(c1ccccc1SC)C(C)CC. The molecule has 1 nitrogen and oxygen atoms in total. The van der Waals surface area contributed by atoms with Gasteiger partial charge in [0.25, 0.3) is 0 Å². The van der Waals surface area contributed by atoms with Gasteiger partial charge in [0.2, 0.25) is 0 Å². The van der Waals surface area contributed by atoms with Gasteiger partial charge in [-0.3, -0.25) is 0 Å². The van der Waals surface area contributed by atoms with Gasteiger partial charge in [-0.05, 0) is 36.8 Å². The largest absolute Gasteiger partial charge is 0.310 e. The molecule has 1 aromatic rings. The van der Waals surface area contributed by atoms with Crippen LogP contribution in [0.3, 0.4) is 0 Å². The minimum Gasteiger partial charge on any atom is -0.310 e. The minimum absolute atomic E-state index is 0.489. The first kappa shape index (κ1) is 14.6. The zero-order chi connectivity index (χ0) is 12.7. The average Bonchev–Trinajstić information content (AvgIpc) is 2.39. The highest BCUT2D eigenvalue weighted by atomic mass is 32.2. The lowest BCUT2D eigenvalue weighted by Crippen LogP contribution is -2.27. The van der Waals surface area contributed by atoms with Crippen LogP contribution >= 0.6 is 11.8 Å². The minimum atomic E-state index is 0.489. The van der Waals surface area contributed by atoms with Gasteiger partial charge in [0, 0.05) is 10.9 Å². The van der Waals surface area contributed by atoms with Crippen molar-refractivity contribution in [3.63, 3.8) is 0 Å². The van der Waals surface area contributed by atoms with E-state index in [1.807, 2.05) is 11.8 Å². The topological polar surface area (TPSA) is 12.0 Å². The predicted molar refractivity (Wildman–Crippen MR) is 78.7 cm³/mol. The molecule has 1 aromatic carbocycles. The van der Waals surface area contributed by atoms with Crippen LogP contribution in [0.15, 0.2) is 29.2 Å². The maximum Gasteiger partial charge on any atom is 0.0357 e. The van der Waals surface area contributed by atoms with E-state index >= 15 is 0 Å². The van der Waals surface area contributed by atoms with Crippen LogP contribution in [0, 0.1) is 5.92 Å². The Morgan fingerprint density at radius 2 is 1.94 bits per heavy atom. The first-order valence-corrected chi connectivity index (χ1v) is 7.83. The van der Waals surface area contributed by atoms with Crippen molar-refractivity contribution in [2.45, 2.75) is 44.6 Å². The standard InChI is InChI=1S/C15H25NS/c1-5-11-16-15(12(3)6-2)13-9-7-8-10-14(13)17-4/h7-10,12,15-16H,5-6,11H2,1-4H3. The van der Waals surface area contributed by atoms with Crippen LogP contribution in [0.5, 0.6) is 0 Å². The molecule has 0 spiro atoms. The zero-order valence-corrected chi connectivity index (χ0v) is 12.3. The van der Waals surface area contributed by atoms with E-state index in [1.165, 1.54) is 23.3 Å². The Bertz CT molecular complexity index is 324. The third-order valence-electron chi connectivity index (χ3n) is 3.30. The molecule has 2 atom stereocenters. The molecular formula is C15H25NS. The fourth-order valence-corrected chi connectivity index (χ4v) is 2.72. The van der Waals surface area contributed by atoms with E-state index in [0.717, 1.165) is 6.54 Å². The van der Waals surface area contributed by atoms with Crippen molar-refractivity contribution in [2.24, 2.45) is 5.92 Å². The predicted octanol–water partition coefficient (Wildman–Crippen LogP) is 4.50. The van der Waals surface area contributed by atoms with Crippen LogP contribution < -0.4 is 5.32 Å². The summed E-state index contributed by atoms with van der Waals surface area (Å²) in [7, 11) is 0. The summed E-state index contributed by atoms with van der Waals surface area (Å²) >= 11 is 1.85. The third kappa shape index (κ3) is 4.04. The summed E-state index contributed by atoms with van der Waals surface area (Å²) in [5.74, 6) is 0.676. The van der Waals surface area contributed by atoms with Crippen LogP contribution in [-0.4, -0.2) is 12.8 Å². The van der Waals surface area contributed by atoms with Crippen molar-refractivity contribution in [1.82, 2.24) is 5.32 Å². The van der Waals surface area contributed by atoms with Gasteiger partial charge in [-0.15, -0.1) is 11.8 Å². The van der Waals surface area contributed by atoms with Gasteiger partial charge < -0.3 is 5.32 Å². The number of nitrogens with one attached hydrogen (secondary N) is 1. The van der Waals surface area contributed by atoms with Crippen LogP contribution in [0.25, 0.3) is 0 Å². The Morgan fingerprint density at radius 1 is 1.24 bits per heavy atom. The van der Waals surface area contributed by atoms with Crippen molar-refractivity contribution in [2.75, 3.05) is 12.8 Å². The molecule has 17 heavy (non-hydrogen) atoms. The number of hydrogen-bond donors (Lipinski definition) is 1. The number of hydrogen-bond acceptors (Lipinski definition) is 2. The molecule has 0 aliphatic rings. The van der Waals surface area contributed by atoms with Crippen molar-refractivity contribution in [1.29, 1.82) is 0 Å². The Balaban J connectivity index is 2.94. The highest BCUT2D eigenvalue weighted by Gasteiger charge is 2.19. The zero-order valence-electron chi connectivity index (χ0n) is 11.5. The van der Waals surface area contributed by atoms with E-state index in [1.54, 1.807) is 0 Å². The lowest BCUT2D eigenvalue weighted by molar-refractivity contribution is 0.373. The van der Waals surface area contributed by atoms with Crippen molar-refractivity contribution < 1.29 is 0 Å². The summed E-state index contributed by atoms with van der Waals surface area (Å²) in [4.78, 5) is 1.40. The van der Waals surface area contributed by atoms with Crippen molar-refractivity contribution in [3.05, 3.63) is 29.8 Å². The quantitative estimate of drug-likeness (QED) is 0.716. The molecule has 2 unspecified atom stereocenters. The highest BCUT2D eigenvalue weighted by molar-refractivity contribution is 7.98. The molecule has 96 valence electrons. The van der Waals surface area contributed by atoms with Gasteiger partial charge in [-0.2, -0.15) is 0 Å². The molecule has 0 aromatic heterocycles. The average molecular weight is 251 g/mol. The van der Waals surface area contributed by atoms with Gasteiger partial charge >= 0.3 is 0 Å². The van der Waals surface area contributed by atoms with E-state index in [4.69, 9.17) is 0 Å².